The van der Waals surface area contributed by atoms with Crippen molar-refractivity contribution in [3.05, 3.63) is 58.9 Å². The molecule has 0 spiro atoms. The highest BCUT2D eigenvalue weighted by atomic mass is 15.0. The van der Waals surface area contributed by atoms with Crippen LogP contribution in [0.3, 0.4) is 0 Å². The number of fused-ring (bicyclic) bond motifs is 1. The highest BCUT2D eigenvalue weighted by Gasteiger charge is 2.20. The lowest BCUT2D eigenvalue weighted by Gasteiger charge is -2.13. The molecular weight excluding hydrogens is 280 g/mol. The maximum absolute atomic E-state index is 4.73. The second-order valence-corrected chi connectivity index (χ2v) is 6.86. The first kappa shape index (κ1) is 15.7. The Morgan fingerprint density at radius 1 is 1.04 bits per heavy atom. The average Bonchev–Trinajstić information content (AvgIpc) is 2.50. The molecule has 1 heterocycles. The summed E-state index contributed by atoms with van der Waals surface area (Å²) in [5.74, 6) is 0.465. The third-order valence-electron chi connectivity index (χ3n) is 4.72. The number of para-hydroxylation sites is 1. The average molecular weight is 305 g/mol. The van der Waals surface area contributed by atoms with E-state index >= 15 is 0 Å². The molecule has 3 rings (SSSR count). The van der Waals surface area contributed by atoms with E-state index in [-0.39, 0.29) is 0 Å². The Labute approximate surface area is 138 Å². The van der Waals surface area contributed by atoms with Crippen molar-refractivity contribution in [1.29, 1.82) is 0 Å². The summed E-state index contributed by atoms with van der Waals surface area (Å²) >= 11 is 0. The minimum Gasteiger partial charge on any atom is -0.232 e. The minimum atomic E-state index is 0.465. The summed E-state index contributed by atoms with van der Waals surface area (Å²) in [5.41, 5.74) is 8.97. The molecule has 0 aliphatic carbocycles. The largest absolute Gasteiger partial charge is 0.287 e. The van der Waals surface area contributed by atoms with E-state index in [9.17, 15) is 0 Å². The first-order valence-electron chi connectivity index (χ1n) is 8.25. The predicted molar refractivity (Wildman–Crippen MR) is 96.7 cm³/mol. The topological polar surface area (TPSA) is 16.8 Å². The molecule has 0 unspecified atom stereocenters. The van der Waals surface area contributed by atoms with Crippen molar-refractivity contribution in [3.8, 4) is 11.3 Å². The molecule has 0 amide bonds. The molecule has 1 aromatic heterocycles. The van der Waals surface area contributed by atoms with Gasteiger partial charge in [-0.1, -0.05) is 37.6 Å². The molecule has 0 fully saturated rings. The molecule has 0 saturated carbocycles. The zero-order valence-electron chi connectivity index (χ0n) is 14.9. The standard InChI is InChI=1S/C21H25N2/c1-13(2)17-8-7-9-18-20(17)22-12-23(6)21(18)19-11-14(3)10-15(4)16(19)5/h7-13H,1-6H3/q+1. The third-order valence-corrected chi connectivity index (χ3v) is 4.72. The second kappa shape index (κ2) is 5.77. The van der Waals surface area contributed by atoms with Crippen molar-refractivity contribution in [2.45, 2.75) is 40.5 Å². The molecule has 0 aliphatic heterocycles. The molecule has 2 nitrogen and oxygen atoms in total. The zero-order valence-corrected chi connectivity index (χ0v) is 14.9. The summed E-state index contributed by atoms with van der Waals surface area (Å²) in [6, 6.07) is 11.1. The normalized spacial score (nSPS) is 11.4. The molecule has 0 saturated heterocycles. The monoisotopic (exact) mass is 305 g/mol. The van der Waals surface area contributed by atoms with Gasteiger partial charge in [0.05, 0.1) is 12.4 Å². The molecule has 23 heavy (non-hydrogen) atoms. The van der Waals surface area contributed by atoms with Crippen molar-refractivity contribution < 1.29 is 4.57 Å². The Morgan fingerprint density at radius 3 is 2.48 bits per heavy atom. The van der Waals surface area contributed by atoms with Gasteiger partial charge in [0.15, 0.2) is 5.52 Å². The summed E-state index contributed by atoms with van der Waals surface area (Å²) in [6.07, 6.45) is 1.95. The van der Waals surface area contributed by atoms with Gasteiger partial charge in [-0.3, -0.25) is 0 Å². The Kier molecular flexibility index (Phi) is 3.93. The van der Waals surface area contributed by atoms with Crippen LogP contribution >= 0.6 is 0 Å². The van der Waals surface area contributed by atoms with Gasteiger partial charge in [0, 0.05) is 11.1 Å². The number of nitrogens with zero attached hydrogens (tertiary/aromatic N) is 2. The van der Waals surface area contributed by atoms with Crippen LogP contribution in [0.4, 0.5) is 0 Å². The molecule has 0 aliphatic rings. The van der Waals surface area contributed by atoms with Gasteiger partial charge in [-0.15, -0.1) is 0 Å². The van der Waals surface area contributed by atoms with E-state index in [4.69, 9.17) is 4.98 Å². The SMILES string of the molecule is Cc1cc(C)c(C)c(-c2c3cccc(C(C)C)c3nc[n+]2C)c1. The number of hydrogen-bond acceptors (Lipinski definition) is 1. The molecule has 118 valence electrons. The van der Waals surface area contributed by atoms with Crippen LogP contribution in [0, 0.1) is 20.8 Å². The first-order valence-corrected chi connectivity index (χ1v) is 8.25. The Balaban J connectivity index is 2.43. The van der Waals surface area contributed by atoms with Gasteiger partial charge in [0.25, 0.3) is 6.33 Å². The fourth-order valence-corrected chi connectivity index (χ4v) is 3.38. The van der Waals surface area contributed by atoms with Crippen LogP contribution in [0.25, 0.3) is 22.2 Å². The highest BCUT2D eigenvalue weighted by Crippen LogP contribution is 2.32. The van der Waals surface area contributed by atoms with Crippen LogP contribution in [0.2, 0.25) is 0 Å². The van der Waals surface area contributed by atoms with E-state index < -0.39 is 0 Å². The van der Waals surface area contributed by atoms with Crippen LogP contribution < -0.4 is 4.57 Å². The maximum Gasteiger partial charge on any atom is 0.287 e. The third kappa shape index (κ3) is 2.63. The molecule has 0 atom stereocenters. The van der Waals surface area contributed by atoms with Crippen LogP contribution in [-0.4, -0.2) is 4.98 Å². The van der Waals surface area contributed by atoms with Crippen molar-refractivity contribution in [2.24, 2.45) is 7.05 Å². The van der Waals surface area contributed by atoms with Crippen molar-refractivity contribution in [1.82, 2.24) is 4.98 Å². The molecule has 2 aromatic carbocycles. The Bertz CT molecular complexity index is 892. The van der Waals surface area contributed by atoms with Crippen molar-refractivity contribution >= 4 is 10.9 Å². The van der Waals surface area contributed by atoms with Gasteiger partial charge >= 0.3 is 0 Å². The van der Waals surface area contributed by atoms with E-state index in [1.54, 1.807) is 0 Å². The van der Waals surface area contributed by atoms with Crippen LogP contribution in [0.1, 0.15) is 42.0 Å². The van der Waals surface area contributed by atoms with Crippen LogP contribution in [0.5, 0.6) is 0 Å². The van der Waals surface area contributed by atoms with E-state index in [2.05, 4.69) is 76.6 Å². The van der Waals surface area contributed by atoms with Crippen LogP contribution in [0.15, 0.2) is 36.7 Å². The molecule has 0 radical (unpaired) electrons. The molecule has 3 aromatic rings. The van der Waals surface area contributed by atoms with Gasteiger partial charge in [-0.05, 0) is 54.9 Å². The van der Waals surface area contributed by atoms with E-state index in [1.165, 1.54) is 38.9 Å². The Hall–Kier alpha value is -2.22. The van der Waals surface area contributed by atoms with Crippen LogP contribution in [-0.2, 0) is 7.05 Å². The molecule has 0 N–H and O–H groups in total. The first-order chi connectivity index (χ1) is 10.9. The van der Waals surface area contributed by atoms with Gasteiger partial charge in [0.1, 0.15) is 5.69 Å². The van der Waals surface area contributed by atoms with E-state index in [1.807, 2.05) is 6.33 Å². The number of aromatic nitrogens is 2. The lowest BCUT2D eigenvalue weighted by molar-refractivity contribution is -0.662. The summed E-state index contributed by atoms with van der Waals surface area (Å²) in [5, 5.41) is 1.23. The molecular formula is C21H25N2+. The van der Waals surface area contributed by atoms with Gasteiger partial charge < -0.3 is 0 Å². The minimum absolute atomic E-state index is 0.465. The zero-order chi connectivity index (χ0) is 16.7. The molecule has 2 heteroatoms. The maximum atomic E-state index is 4.73. The fourth-order valence-electron chi connectivity index (χ4n) is 3.38. The predicted octanol–water partition coefficient (Wildman–Crippen LogP) is 4.77. The Morgan fingerprint density at radius 2 is 1.78 bits per heavy atom. The summed E-state index contributed by atoms with van der Waals surface area (Å²) in [7, 11) is 2.08. The summed E-state index contributed by atoms with van der Waals surface area (Å²) in [4.78, 5) is 4.73. The number of hydrogen-bond donors (Lipinski definition) is 0. The molecule has 0 bridgehead atoms. The lowest BCUT2D eigenvalue weighted by Crippen LogP contribution is -2.32. The summed E-state index contributed by atoms with van der Waals surface area (Å²) < 4.78 is 2.15. The highest BCUT2D eigenvalue weighted by molar-refractivity contribution is 5.93. The second-order valence-electron chi connectivity index (χ2n) is 6.86. The van der Waals surface area contributed by atoms with E-state index in [0.717, 1.165) is 5.52 Å². The number of benzene rings is 2. The smallest absolute Gasteiger partial charge is 0.232 e. The number of aryl methyl sites for hydroxylation is 3. The van der Waals surface area contributed by atoms with Gasteiger partial charge in [0.2, 0.25) is 0 Å². The summed E-state index contributed by atoms with van der Waals surface area (Å²) in [6.45, 7) is 11.0. The van der Waals surface area contributed by atoms with Gasteiger partial charge in [-0.25, -0.2) is 4.57 Å². The lowest BCUT2D eigenvalue weighted by atomic mass is 9.93. The van der Waals surface area contributed by atoms with Gasteiger partial charge in [-0.2, -0.15) is 0 Å². The fraction of sp³-hybridized carbons (Fsp3) is 0.333. The van der Waals surface area contributed by atoms with E-state index in [0.29, 0.717) is 5.92 Å². The van der Waals surface area contributed by atoms with Crippen molar-refractivity contribution in [3.63, 3.8) is 0 Å². The number of rotatable bonds is 2. The quantitative estimate of drug-likeness (QED) is 0.623. The van der Waals surface area contributed by atoms with Crippen molar-refractivity contribution in [2.75, 3.05) is 0 Å².